The number of ether oxygens (including phenoxy) is 1. The summed E-state index contributed by atoms with van der Waals surface area (Å²) in [4.78, 5) is 0. The Morgan fingerprint density at radius 2 is 2.16 bits per heavy atom. The van der Waals surface area contributed by atoms with Gasteiger partial charge in [0.25, 0.3) is 0 Å². The molecule has 0 aliphatic carbocycles. The van der Waals surface area contributed by atoms with Crippen LogP contribution in [0, 0.1) is 0 Å². The highest BCUT2D eigenvalue weighted by Gasteiger charge is 2.15. The van der Waals surface area contributed by atoms with Crippen LogP contribution in [0.3, 0.4) is 0 Å². The summed E-state index contributed by atoms with van der Waals surface area (Å²) in [7, 11) is 0. The van der Waals surface area contributed by atoms with Crippen LogP contribution in [0.5, 0.6) is 5.75 Å². The van der Waals surface area contributed by atoms with E-state index in [4.69, 9.17) is 9.26 Å². The van der Waals surface area contributed by atoms with E-state index in [9.17, 15) is 0 Å². The van der Waals surface area contributed by atoms with Crippen molar-refractivity contribution in [2.24, 2.45) is 0 Å². The van der Waals surface area contributed by atoms with Crippen molar-refractivity contribution in [1.82, 2.24) is 5.16 Å². The molecule has 0 unspecified atom stereocenters. The largest absolute Gasteiger partial charge is 0.493 e. The van der Waals surface area contributed by atoms with E-state index in [0.717, 1.165) is 65.6 Å². The number of fused-ring (bicyclic) bond motifs is 1. The first-order chi connectivity index (χ1) is 9.31. The van der Waals surface area contributed by atoms with Gasteiger partial charge in [0, 0.05) is 16.3 Å². The highest BCUT2D eigenvalue weighted by molar-refractivity contribution is 9.09. The fraction of sp³-hybridized carbons (Fsp3) is 0.533. The third-order valence-electron chi connectivity index (χ3n) is 3.15. The second-order valence-electron chi connectivity index (χ2n) is 4.54. The number of alkyl halides is 1. The van der Waals surface area contributed by atoms with Gasteiger partial charge in [0.15, 0.2) is 5.58 Å². The van der Waals surface area contributed by atoms with Crippen molar-refractivity contribution in [1.29, 1.82) is 0 Å². The number of aromatic nitrogens is 1. The fourth-order valence-electron chi connectivity index (χ4n) is 2.20. The van der Waals surface area contributed by atoms with Crippen LogP contribution in [-0.4, -0.2) is 17.1 Å². The molecule has 3 nitrogen and oxygen atoms in total. The zero-order valence-corrected chi connectivity index (χ0v) is 13.1. The predicted octanol–water partition coefficient (Wildman–Crippen LogP) is 4.51. The first-order valence-electron chi connectivity index (χ1n) is 6.90. The van der Waals surface area contributed by atoms with Gasteiger partial charge in [-0.05, 0) is 31.4 Å². The Hall–Kier alpha value is -1.03. The predicted molar refractivity (Wildman–Crippen MR) is 81.3 cm³/mol. The summed E-state index contributed by atoms with van der Waals surface area (Å²) in [6.45, 7) is 4.98. The zero-order chi connectivity index (χ0) is 13.7. The van der Waals surface area contributed by atoms with Gasteiger partial charge >= 0.3 is 0 Å². The lowest BCUT2D eigenvalue weighted by Gasteiger charge is -2.10. The van der Waals surface area contributed by atoms with E-state index in [0.29, 0.717) is 0 Å². The Balaban J connectivity index is 2.37. The maximum Gasteiger partial charge on any atom is 0.174 e. The second-order valence-corrected chi connectivity index (χ2v) is 5.34. The molecular formula is C15H20BrNO2. The van der Waals surface area contributed by atoms with Gasteiger partial charge in [0.1, 0.15) is 5.75 Å². The summed E-state index contributed by atoms with van der Waals surface area (Å²) < 4.78 is 11.4. The number of hydrogen-bond acceptors (Lipinski definition) is 3. The van der Waals surface area contributed by atoms with Gasteiger partial charge in [0.05, 0.1) is 12.3 Å². The monoisotopic (exact) mass is 325 g/mol. The van der Waals surface area contributed by atoms with Gasteiger partial charge < -0.3 is 9.26 Å². The summed E-state index contributed by atoms with van der Waals surface area (Å²) in [5.74, 6) is 0.939. The van der Waals surface area contributed by atoms with Gasteiger partial charge in [-0.25, -0.2) is 0 Å². The van der Waals surface area contributed by atoms with Gasteiger partial charge in [-0.1, -0.05) is 41.4 Å². The minimum atomic E-state index is 0.724. The highest BCUT2D eigenvalue weighted by Crippen LogP contribution is 2.31. The average Bonchev–Trinajstić information content (AvgIpc) is 2.84. The first-order valence-corrected chi connectivity index (χ1v) is 8.02. The lowest BCUT2D eigenvalue weighted by molar-refractivity contribution is 0.315. The van der Waals surface area contributed by atoms with Crippen LogP contribution in [0.1, 0.15) is 37.9 Å². The summed E-state index contributed by atoms with van der Waals surface area (Å²) in [5, 5.41) is 6.24. The smallest absolute Gasteiger partial charge is 0.174 e. The SMILES string of the molecule is CCCc1c(OCCCBr)ccc2c(CC)noc12. The molecular weight excluding hydrogens is 306 g/mol. The van der Waals surface area contributed by atoms with Crippen LogP contribution in [0.15, 0.2) is 16.7 Å². The van der Waals surface area contributed by atoms with Crippen LogP contribution in [0.4, 0.5) is 0 Å². The normalized spacial score (nSPS) is 11.1. The van der Waals surface area contributed by atoms with Crippen LogP contribution in [-0.2, 0) is 12.8 Å². The topological polar surface area (TPSA) is 35.3 Å². The van der Waals surface area contributed by atoms with Crippen LogP contribution in [0.25, 0.3) is 11.0 Å². The molecule has 0 aliphatic heterocycles. The highest BCUT2D eigenvalue weighted by atomic mass is 79.9. The molecule has 0 fully saturated rings. The molecule has 1 heterocycles. The molecule has 0 saturated heterocycles. The minimum absolute atomic E-state index is 0.724. The molecule has 104 valence electrons. The number of rotatable bonds is 7. The number of aryl methyl sites for hydroxylation is 2. The molecule has 2 rings (SSSR count). The second kappa shape index (κ2) is 6.94. The van der Waals surface area contributed by atoms with E-state index in [-0.39, 0.29) is 0 Å². The summed E-state index contributed by atoms with van der Waals surface area (Å²) in [5.41, 5.74) is 3.08. The van der Waals surface area contributed by atoms with Crippen LogP contribution < -0.4 is 4.74 Å². The molecule has 0 amide bonds. The minimum Gasteiger partial charge on any atom is -0.493 e. The van der Waals surface area contributed by atoms with Crippen molar-refractivity contribution >= 4 is 26.9 Å². The Bertz CT molecular complexity index is 536. The lowest BCUT2D eigenvalue weighted by Crippen LogP contribution is -2.01. The average molecular weight is 326 g/mol. The maximum absolute atomic E-state index is 5.86. The van der Waals surface area contributed by atoms with Gasteiger partial charge in [-0.15, -0.1) is 0 Å². The number of halogens is 1. The fourth-order valence-corrected chi connectivity index (χ4v) is 2.43. The van der Waals surface area contributed by atoms with Crippen molar-refractivity contribution in [3.63, 3.8) is 0 Å². The van der Waals surface area contributed by atoms with Crippen molar-refractivity contribution in [3.8, 4) is 5.75 Å². The molecule has 0 aliphatic rings. The molecule has 1 aromatic carbocycles. The molecule has 2 aromatic rings. The van der Waals surface area contributed by atoms with E-state index >= 15 is 0 Å². The van der Waals surface area contributed by atoms with Crippen LogP contribution >= 0.6 is 15.9 Å². The van der Waals surface area contributed by atoms with Gasteiger partial charge in [0.2, 0.25) is 0 Å². The Morgan fingerprint density at radius 1 is 1.32 bits per heavy atom. The van der Waals surface area contributed by atoms with Gasteiger partial charge in [-0.3, -0.25) is 0 Å². The van der Waals surface area contributed by atoms with E-state index < -0.39 is 0 Å². The Kier molecular flexibility index (Phi) is 5.25. The van der Waals surface area contributed by atoms with Crippen molar-refractivity contribution in [2.75, 3.05) is 11.9 Å². The molecule has 0 radical (unpaired) electrons. The molecule has 1 aromatic heterocycles. The summed E-state index contributed by atoms with van der Waals surface area (Å²) in [6, 6.07) is 4.12. The molecule has 0 bridgehead atoms. The van der Waals surface area contributed by atoms with Crippen molar-refractivity contribution in [3.05, 3.63) is 23.4 Å². The van der Waals surface area contributed by atoms with Crippen molar-refractivity contribution < 1.29 is 9.26 Å². The van der Waals surface area contributed by atoms with Crippen LogP contribution in [0.2, 0.25) is 0 Å². The zero-order valence-electron chi connectivity index (χ0n) is 11.5. The van der Waals surface area contributed by atoms with E-state index in [1.54, 1.807) is 0 Å². The number of nitrogens with zero attached hydrogens (tertiary/aromatic N) is 1. The summed E-state index contributed by atoms with van der Waals surface area (Å²) >= 11 is 3.42. The third kappa shape index (κ3) is 3.11. The molecule has 0 N–H and O–H groups in total. The molecule has 0 atom stereocenters. The van der Waals surface area contributed by atoms with Gasteiger partial charge in [-0.2, -0.15) is 0 Å². The van der Waals surface area contributed by atoms with Crippen molar-refractivity contribution in [2.45, 2.75) is 39.5 Å². The first kappa shape index (κ1) is 14.4. The number of benzene rings is 1. The standard InChI is InChI=1S/C15H20BrNO2/c1-3-6-12-14(18-10-5-9-16)8-7-11-13(4-2)17-19-15(11)12/h7-8H,3-6,9-10H2,1-2H3. The van der Waals surface area contributed by atoms with E-state index in [1.165, 1.54) is 0 Å². The molecule has 19 heavy (non-hydrogen) atoms. The summed E-state index contributed by atoms with van der Waals surface area (Å²) in [6.07, 6.45) is 3.91. The van der Waals surface area contributed by atoms with E-state index in [1.807, 2.05) is 0 Å². The number of hydrogen-bond donors (Lipinski definition) is 0. The maximum atomic E-state index is 5.86. The Morgan fingerprint density at radius 3 is 2.84 bits per heavy atom. The lowest BCUT2D eigenvalue weighted by atomic mass is 10.0. The third-order valence-corrected chi connectivity index (χ3v) is 3.71. The quantitative estimate of drug-likeness (QED) is 0.555. The molecule has 4 heteroatoms. The van der Waals surface area contributed by atoms with E-state index in [2.05, 4.69) is 47.1 Å². The molecule has 0 spiro atoms. The Labute approximate surface area is 122 Å². The molecule has 0 saturated carbocycles.